The van der Waals surface area contributed by atoms with Crippen molar-refractivity contribution >= 4 is 11.8 Å². The van der Waals surface area contributed by atoms with E-state index in [0.717, 1.165) is 35.6 Å². The first-order chi connectivity index (χ1) is 13.5. The molecule has 0 radical (unpaired) electrons. The third-order valence-corrected chi connectivity index (χ3v) is 4.65. The summed E-state index contributed by atoms with van der Waals surface area (Å²) in [7, 11) is 1.39. The van der Waals surface area contributed by atoms with E-state index in [1.54, 1.807) is 23.1 Å². The first-order valence-corrected chi connectivity index (χ1v) is 9.23. The fraction of sp³-hybridized carbons (Fsp3) is 0.350. The zero-order valence-electron chi connectivity index (χ0n) is 16.1. The van der Waals surface area contributed by atoms with Crippen LogP contribution in [-0.2, 0) is 11.3 Å². The van der Waals surface area contributed by atoms with Gasteiger partial charge in [0.25, 0.3) is 0 Å². The third-order valence-electron chi connectivity index (χ3n) is 4.65. The van der Waals surface area contributed by atoms with Crippen LogP contribution >= 0.6 is 0 Å². The lowest BCUT2D eigenvalue weighted by atomic mass is 10.1. The normalized spacial score (nSPS) is 13.4. The zero-order valence-corrected chi connectivity index (χ0v) is 16.1. The van der Waals surface area contributed by atoms with E-state index in [2.05, 4.69) is 25.4 Å². The summed E-state index contributed by atoms with van der Waals surface area (Å²) < 4.78 is 6.64. The number of hydrogen-bond acceptors (Lipinski definition) is 7. The van der Waals surface area contributed by atoms with Gasteiger partial charge in [-0.3, -0.25) is 9.97 Å². The summed E-state index contributed by atoms with van der Waals surface area (Å²) >= 11 is 0. The standard InChI is InChI=1S/C20H22N6O2/c1-12-8-13(2)26(25-12)18-11-21-10-17(24-18)22-9-15-6-7-16(20(27)28-3)19(23-15)14-4-5-14/h6-8,10-11,14H,4-5,9H2,1-3H3,(H,22,24). The van der Waals surface area contributed by atoms with Gasteiger partial charge >= 0.3 is 5.97 Å². The van der Waals surface area contributed by atoms with Crippen LogP contribution in [0.3, 0.4) is 0 Å². The van der Waals surface area contributed by atoms with E-state index in [1.807, 2.05) is 26.0 Å². The van der Waals surface area contributed by atoms with Crippen molar-refractivity contribution in [3.8, 4) is 5.82 Å². The van der Waals surface area contributed by atoms with Gasteiger partial charge in [0.2, 0.25) is 0 Å². The van der Waals surface area contributed by atoms with Crippen LogP contribution < -0.4 is 5.32 Å². The van der Waals surface area contributed by atoms with E-state index in [-0.39, 0.29) is 5.97 Å². The largest absolute Gasteiger partial charge is 0.465 e. The summed E-state index contributed by atoms with van der Waals surface area (Å²) in [5.74, 6) is 1.31. The Morgan fingerprint density at radius 2 is 2.07 bits per heavy atom. The maximum Gasteiger partial charge on any atom is 0.339 e. The lowest BCUT2D eigenvalue weighted by Crippen LogP contribution is -2.11. The second-order valence-corrected chi connectivity index (χ2v) is 6.96. The highest BCUT2D eigenvalue weighted by molar-refractivity contribution is 5.90. The molecular formula is C20H22N6O2. The van der Waals surface area contributed by atoms with Gasteiger partial charge in [-0.25, -0.2) is 14.5 Å². The van der Waals surface area contributed by atoms with Crippen LogP contribution in [-0.4, -0.2) is 37.8 Å². The Morgan fingerprint density at radius 1 is 1.25 bits per heavy atom. The molecule has 4 rings (SSSR count). The number of nitrogens with one attached hydrogen (secondary N) is 1. The molecule has 0 saturated heterocycles. The van der Waals surface area contributed by atoms with E-state index in [4.69, 9.17) is 4.74 Å². The molecule has 3 aromatic rings. The highest BCUT2D eigenvalue weighted by atomic mass is 16.5. The minimum atomic E-state index is -0.336. The molecule has 0 amide bonds. The number of aryl methyl sites for hydroxylation is 2. The third kappa shape index (κ3) is 3.71. The van der Waals surface area contributed by atoms with Gasteiger partial charge < -0.3 is 10.1 Å². The van der Waals surface area contributed by atoms with Gasteiger partial charge in [-0.2, -0.15) is 5.10 Å². The molecule has 1 aliphatic rings. The number of hydrogen-bond donors (Lipinski definition) is 1. The van der Waals surface area contributed by atoms with Crippen LogP contribution in [0, 0.1) is 13.8 Å². The fourth-order valence-corrected chi connectivity index (χ4v) is 3.15. The Kier molecular flexibility index (Phi) is 4.77. The number of ether oxygens (including phenoxy) is 1. The number of aromatic nitrogens is 5. The predicted molar refractivity (Wildman–Crippen MR) is 104 cm³/mol. The Balaban J connectivity index is 1.52. The minimum absolute atomic E-state index is 0.336. The van der Waals surface area contributed by atoms with Crippen molar-refractivity contribution in [1.29, 1.82) is 0 Å². The SMILES string of the molecule is COC(=O)c1ccc(CNc2cncc(-n3nc(C)cc3C)n2)nc1C1CC1. The Labute approximate surface area is 163 Å². The molecule has 0 spiro atoms. The van der Waals surface area contributed by atoms with E-state index in [9.17, 15) is 4.79 Å². The van der Waals surface area contributed by atoms with Crippen molar-refractivity contribution < 1.29 is 9.53 Å². The Bertz CT molecular complexity index is 1030. The second kappa shape index (κ2) is 7.38. The smallest absolute Gasteiger partial charge is 0.339 e. The first-order valence-electron chi connectivity index (χ1n) is 9.23. The van der Waals surface area contributed by atoms with Crippen molar-refractivity contribution in [3.05, 3.63) is 58.9 Å². The molecular weight excluding hydrogens is 356 g/mol. The summed E-state index contributed by atoms with van der Waals surface area (Å²) in [5, 5.41) is 7.70. The van der Waals surface area contributed by atoms with Gasteiger partial charge in [-0.1, -0.05) is 0 Å². The van der Waals surface area contributed by atoms with E-state index in [0.29, 0.717) is 29.7 Å². The number of carbonyl (C=O) groups excluding carboxylic acids is 1. The van der Waals surface area contributed by atoms with Gasteiger partial charge in [-0.15, -0.1) is 0 Å². The molecule has 3 aromatic heterocycles. The van der Waals surface area contributed by atoms with E-state index in [1.165, 1.54) is 7.11 Å². The monoisotopic (exact) mass is 378 g/mol. The van der Waals surface area contributed by atoms with Gasteiger partial charge in [-0.05, 0) is 44.9 Å². The van der Waals surface area contributed by atoms with Crippen LogP contribution in [0.1, 0.15) is 51.9 Å². The van der Waals surface area contributed by atoms with E-state index < -0.39 is 0 Å². The molecule has 28 heavy (non-hydrogen) atoms. The number of carbonyl (C=O) groups is 1. The van der Waals surface area contributed by atoms with Gasteiger partial charge in [0, 0.05) is 11.6 Å². The van der Waals surface area contributed by atoms with Crippen molar-refractivity contribution in [2.45, 2.75) is 39.2 Å². The summed E-state index contributed by atoms with van der Waals surface area (Å²) in [5.41, 5.74) is 4.15. The number of esters is 1. The molecule has 0 aromatic carbocycles. The number of anilines is 1. The molecule has 1 saturated carbocycles. The highest BCUT2D eigenvalue weighted by Gasteiger charge is 2.30. The fourth-order valence-electron chi connectivity index (χ4n) is 3.15. The van der Waals surface area contributed by atoms with Crippen molar-refractivity contribution in [2.75, 3.05) is 12.4 Å². The Morgan fingerprint density at radius 3 is 2.75 bits per heavy atom. The quantitative estimate of drug-likeness (QED) is 0.659. The topological polar surface area (TPSA) is 94.8 Å². The lowest BCUT2D eigenvalue weighted by molar-refractivity contribution is 0.0598. The van der Waals surface area contributed by atoms with Gasteiger partial charge in [0.05, 0.1) is 48.7 Å². The number of nitrogens with zero attached hydrogens (tertiary/aromatic N) is 5. The molecule has 144 valence electrons. The summed E-state index contributed by atoms with van der Waals surface area (Å²) in [6, 6.07) is 5.62. The van der Waals surface area contributed by atoms with Gasteiger partial charge in [0.1, 0.15) is 5.82 Å². The minimum Gasteiger partial charge on any atom is -0.465 e. The molecule has 3 heterocycles. The summed E-state index contributed by atoms with van der Waals surface area (Å²) in [6.07, 6.45) is 5.47. The number of pyridine rings is 1. The van der Waals surface area contributed by atoms with Crippen molar-refractivity contribution in [3.63, 3.8) is 0 Å². The average molecular weight is 378 g/mol. The molecule has 1 aliphatic carbocycles. The average Bonchev–Trinajstić information content (AvgIpc) is 3.49. The molecule has 1 N–H and O–H groups in total. The van der Waals surface area contributed by atoms with Gasteiger partial charge in [0.15, 0.2) is 5.82 Å². The number of methoxy groups -OCH3 is 1. The maximum atomic E-state index is 12.0. The summed E-state index contributed by atoms with van der Waals surface area (Å²) in [6.45, 7) is 4.41. The lowest BCUT2D eigenvalue weighted by Gasteiger charge is -2.11. The van der Waals surface area contributed by atoms with E-state index >= 15 is 0 Å². The second-order valence-electron chi connectivity index (χ2n) is 6.96. The summed E-state index contributed by atoms with van der Waals surface area (Å²) in [4.78, 5) is 25.5. The Hall–Kier alpha value is -3.29. The van der Waals surface area contributed by atoms with Crippen LogP contribution in [0.5, 0.6) is 0 Å². The molecule has 0 bridgehead atoms. The van der Waals surface area contributed by atoms with Crippen molar-refractivity contribution in [1.82, 2.24) is 24.7 Å². The predicted octanol–water partition coefficient (Wildman–Crippen LogP) is 2.95. The zero-order chi connectivity index (χ0) is 19.7. The molecule has 8 heteroatoms. The molecule has 8 nitrogen and oxygen atoms in total. The molecule has 0 unspecified atom stereocenters. The van der Waals surface area contributed by atoms with Crippen molar-refractivity contribution in [2.24, 2.45) is 0 Å². The molecule has 0 atom stereocenters. The molecule has 1 fully saturated rings. The van der Waals surface area contributed by atoms with Crippen LogP contribution in [0.4, 0.5) is 5.82 Å². The number of rotatable bonds is 6. The van der Waals surface area contributed by atoms with Crippen LogP contribution in [0.15, 0.2) is 30.6 Å². The van der Waals surface area contributed by atoms with Crippen LogP contribution in [0.2, 0.25) is 0 Å². The first kappa shape index (κ1) is 18.1. The maximum absolute atomic E-state index is 12.0. The molecule has 0 aliphatic heterocycles. The highest BCUT2D eigenvalue weighted by Crippen LogP contribution is 2.40. The van der Waals surface area contributed by atoms with Crippen LogP contribution in [0.25, 0.3) is 5.82 Å².